The summed E-state index contributed by atoms with van der Waals surface area (Å²) >= 11 is 0. The Kier molecular flexibility index (Phi) is 6.40. The fraction of sp³-hybridized carbons (Fsp3) is 0.562. The van der Waals surface area contributed by atoms with E-state index < -0.39 is 0 Å². The number of benzene rings is 1. The van der Waals surface area contributed by atoms with E-state index in [1.807, 2.05) is 32.0 Å². The van der Waals surface area contributed by atoms with Gasteiger partial charge in [-0.3, -0.25) is 4.79 Å². The lowest BCUT2D eigenvalue weighted by molar-refractivity contribution is -0.125. The van der Waals surface area contributed by atoms with Crippen molar-refractivity contribution < 1.29 is 9.53 Å². The van der Waals surface area contributed by atoms with Crippen LogP contribution in [0.3, 0.4) is 0 Å². The minimum atomic E-state index is 0.126. The molecular formula is C16H25NO2. The summed E-state index contributed by atoms with van der Waals surface area (Å²) in [6, 6.07) is 6.04. The molecule has 1 aromatic carbocycles. The lowest BCUT2D eigenvalue weighted by Gasteiger charge is -2.13. The van der Waals surface area contributed by atoms with Crippen molar-refractivity contribution in [3.63, 3.8) is 0 Å². The van der Waals surface area contributed by atoms with E-state index in [0.717, 1.165) is 18.6 Å². The van der Waals surface area contributed by atoms with Crippen molar-refractivity contribution in [2.45, 2.75) is 40.5 Å². The summed E-state index contributed by atoms with van der Waals surface area (Å²) in [4.78, 5) is 11.7. The van der Waals surface area contributed by atoms with Gasteiger partial charge in [-0.15, -0.1) is 0 Å². The molecule has 1 rings (SSSR count). The third-order valence-corrected chi connectivity index (χ3v) is 3.50. The molecular weight excluding hydrogens is 238 g/mol. The number of hydrogen-bond acceptors (Lipinski definition) is 2. The Hall–Kier alpha value is -1.51. The molecule has 3 nitrogen and oxygen atoms in total. The monoisotopic (exact) mass is 263 g/mol. The molecule has 0 fully saturated rings. The number of rotatable bonds is 7. The molecule has 1 amide bonds. The molecule has 0 heterocycles. The average molecular weight is 263 g/mol. The van der Waals surface area contributed by atoms with Gasteiger partial charge in [0, 0.05) is 5.92 Å². The topological polar surface area (TPSA) is 38.3 Å². The van der Waals surface area contributed by atoms with Crippen LogP contribution in [0.25, 0.3) is 0 Å². The molecule has 0 radical (unpaired) electrons. The highest BCUT2D eigenvalue weighted by Crippen LogP contribution is 2.16. The fourth-order valence-electron chi connectivity index (χ4n) is 1.95. The Morgan fingerprint density at radius 1 is 1.21 bits per heavy atom. The Morgan fingerprint density at radius 3 is 2.47 bits per heavy atom. The zero-order chi connectivity index (χ0) is 14.3. The number of ether oxygens (including phenoxy) is 1. The fourth-order valence-corrected chi connectivity index (χ4v) is 1.95. The molecule has 1 aromatic rings. The van der Waals surface area contributed by atoms with Crippen molar-refractivity contribution in [2.24, 2.45) is 5.92 Å². The van der Waals surface area contributed by atoms with Gasteiger partial charge in [0.1, 0.15) is 12.4 Å². The summed E-state index contributed by atoms with van der Waals surface area (Å²) in [5.41, 5.74) is 2.48. The van der Waals surface area contributed by atoms with Crippen LogP contribution >= 0.6 is 0 Å². The molecule has 0 atom stereocenters. The van der Waals surface area contributed by atoms with E-state index in [1.165, 1.54) is 11.1 Å². The van der Waals surface area contributed by atoms with Gasteiger partial charge in [0.2, 0.25) is 5.91 Å². The molecule has 0 bridgehead atoms. The number of amides is 1. The van der Waals surface area contributed by atoms with Gasteiger partial charge in [0.05, 0.1) is 6.54 Å². The van der Waals surface area contributed by atoms with Crippen molar-refractivity contribution in [1.82, 2.24) is 5.32 Å². The molecule has 0 spiro atoms. The number of hydrogen-bond donors (Lipinski definition) is 1. The second-order valence-corrected chi connectivity index (χ2v) is 4.90. The van der Waals surface area contributed by atoms with Crippen LogP contribution in [0.5, 0.6) is 5.75 Å². The number of nitrogens with one attached hydrogen (secondary N) is 1. The highest BCUT2D eigenvalue weighted by molar-refractivity contribution is 5.78. The summed E-state index contributed by atoms with van der Waals surface area (Å²) in [5.74, 6) is 1.12. The van der Waals surface area contributed by atoms with Crippen molar-refractivity contribution in [3.05, 3.63) is 29.3 Å². The van der Waals surface area contributed by atoms with Crippen molar-refractivity contribution in [1.29, 1.82) is 0 Å². The maximum atomic E-state index is 11.7. The van der Waals surface area contributed by atoms with Crippen LogP contribution in [0.4, 0.5) is 0 Å². The smallest absolute Gasteiger partial charge is 0.223 e. The molecule has 0 saturated heterocycles. The first-order valence-corrected chi connectivity index (χ1v) is 7.06. The van der Waals surface area contributed by atoms with Gasteiger partial charge in [-0.25, -0.2) is 0 Å². The van der Waals surface area contributed by atoms with Gasteiger partial charge >= 0.3 is 0 Å². The summed E-state index contributed by atoms with van der Waals surface area (Å²) in [6.07, 6.45) is 1.78. The van der Waals surface area contributed by atoms with E-state index in [9.17, 15) is 4.79 Å². The first-order valence-electron chi connectivity index (χ1n) is 7.06. The first-order chi connectivity index (χ1) is 9.08. The van der Waals surface area contributed by atoms with Gasteiger partial charge < -0.3 is 10.1 Å². The lowest BCUT2D eigenvalue weighted by atomic mass is 10.0. The number of aryl methyl sites for hydroxylation is 2. The standard InChI is InChI=1S/C16H25NO2/c1-5-14(6-2)16(18)17-9-10-19-15-8-7-12(3)13(4)11-15/h7-8,11,14H,5-6,9-10H2,1-4H3,(H,17,18). The van der Waals surface area contributed by atoms with Crippen molar-refractivity contribution in [3.8, 4) is 5.75 Å². The second kappa shape index (κ2) is 7.82. The molecule has 0 unspecified atom stereocenters. The molecule has 0 aliphatic carbocycles. The molecule has 106 valence electrons. The largest absolute Gasteiger partial charge is 0.492 e. The normalized spacial score (nSPS) is 10.6. The lowest BCUT2D eigenvalue weighted by Crippen LogP contribution is -2.33. The predicted molar refractivity (Wildman–Crippen MR) is 78.5 cm³/mol. The SMILES string of the molecule is CCC(CC)C(=O)NCCOc1ccc(C)c(C)c1. The molecule has 0 aliphatic rings. The Balaban J connectivity index is 2.31. The zero-order valence-corrected chi connectivity index (χ0v) is 12.5. The minimum absolute atomic E-state index is 0.126. The van der Waals surface area contributed by atoms with Crippen LogP contribution in [-0.2, 0) is 4.79 Å². The number of carbonyl (C=O) groups excluding carboxylic acids is 1. The van der Waals surface area contributed by atoms with E-state index in [2.05, 4.69) is 19.2 Å². The highest BCUT2D eigenvalue weighted by atomic mass is 16.5. The van der Waals surface area contributed by atoms with Crippen LogP contribution in [0.15, 0.2) is 18.2 Å². The van der Waals surface area contributed by atoms with Crippen LogP contribution in [0.1, 0.15) is 37.8 Å². The van der Waals surface area contributed by atoms with Gasteiger partial charge in [0.15, 0.2) is 0 Å². The minimum Gasteiger partial charge on any atom is -0.492 e. The summed E-state index contributed by atoms with van der Waals surface area (Å²) in [5, 5.41) is 2.92. The number of carbonyl (C=O) groups is 1. The average Bonchev–Trinajstić information content (AvgIpc) is 2.40. The van der Waals surface area contributed by atoms with Crippen LogP contribution in [0.2, 0.25) is 0 Å². The summed E-state index contributed by atoms with van der Waals surface area (Å²) in [7, 11) is 0. The van der Waals surface area contributed by atoms with E-state index in [0.29, 0.717) is 13.2 Å². The van der Waals surface area contributed by atoms with Crippen molar-refractivity contribution in [2.75, 3.05) is 13.2 Å². The van der Waals surface area contributed by atoms with E-state index >= 15 is 0 Å². The van der Waals surface area contributed by atoms with Gasteiger partial charge in [-0.2, -0.15) is 0 Å². The Labute approximate surface area is 116 Å². The molecule has 19 heavy (non-hydrogen) atoms. The quantitative estimate of drug-likeness (QED) is 0.767. The van der Waals surface area contributed by atoms with E-state index in [-0.39, 0.29) is 11.8 Å². The van der Waals surface area contributed by atoms with Gasteiger partial charge in [-0.05, 0) is 49.9 Å². The van der Waals surface area contributed by atoms with Crippen molar-refractivity contribution >= 4 is 5.91 Å². The maximum Gasteiger partial charge on any atom is 0.223 e. The zero-order valence-electron chi connectivity index (χ0n) is 12.5. The molecule has 1 N–H and O–H groups in total. The third-order valence-electron chi connectivity index (χ3n) is 3.50. The Morgan fingerprint density at radius 2 is 1.89 bits per heavy atom. The first kappa shape index (κ1) is 15.5. The summed E-state index contributed by atoms with van der Waals surface area (Å²) < 4.78 is 5.62. The third kappa shape index (κ3) is 4.93. The van der Waals surface area contributed by atoms with Gasteiger partial charge in [0.25, 0.3) is 0 Å². The van der Waals surface area contributed by atoms with Crippen LogP contribution in [0, 0.1) is 19.8 Å². The Bertz CT molecular complexity index is 411. The van der Waals surface area contributed by atoms with Gasteiger partial charge in [-0.1, -0.05) is 19.9 Å². The molecule has 0 aromatic heterocycles. The second-order valence-electron chi connectivity index (χ2n) is 4.90. The molecule has 0 saturated carbocycles. The van der Waals surface area contributed by atoms with Crippen LogP contribution < -0.4 is 10.1 Å². The van der Waals surface area contributed by atoms with Crippen LogP contribution in [-0.4, -0.2) is 19.1 Å². The van der Waals surface area contributed by atoms with E-state index in [1.54, 1.807) is 0 Å². The molecule has 3 heteroatoms. The summed E-state index contributed by atoms with van der Waals surface area (Å²) in [6.45, 7) is 9.29. The molecule has 0 aliphatic heterocycles. The van der Waals surface area contributed by atoms with E-state index in [4.69, 9.17) is 4.74 Å². The highest BCUT2D eigenvalue weighted by Gasteiger charge is 2.12. The predicted octanol–water partition coefficient (Wildman–Crippen LogP) is 3.23. The maximum absolute atomic E-state index is 11.7.